The first-order valence-corrected chi connectivity index (χ1v) is 5.71. The van der Waals surface area contributed by atoms with E-state index >= 15 is 0 Å². The van der Waals surface area contributed by atoms with Gasteiger partial charge in [-0.25, -0.2) is 0 Å². The van der Waals surface area contributed by atoms with E-state index < -0.39 is 5.97 Å². The van der Waals surface area contributed by atoms with Gasteiger partial charge in [-0.2, -0.15) is 0 Å². The normalized spacial score (nSPS) is 25.1. The fourth-order valence-electron chi connectivity index (χ4n) is 2.18. The first-order valence-electron chi connectivity index (χ1n) is 5.71. The number of carboxylic acids is 1. The second kappa shape index (κ2) is 4.30. The summed E-state index contributed by atoms with van der Waals surface area (Å²) in [5.74, 6) is 0.311. The number of aliphatic carboxylic acids is 1. The molecule has 2 rings (SSSR count). The predicted molar refractivity (Wildman–Crippen MR) is 54.1 cm³/mol. The summed E-state index contributed by atoms with van der Waals surface area (Å²) < 4.78 is 0. The molecular formula is C11H19NO2. The number of carbonyl (C=O) groups is 1. The summed E-state index contributed by atoms with van der Waals surface area (Å²) in [4.78, 5) is 13.1. The molecule has 0 unspecified atom stereocenters. The van der Waals surface area contributed by atoms with E-state index in [9.17, 15) is 4.79 Å². The van der Waals surface area contributed by atoms with Gasteiger partial charge in [0, 0.05) is 0 Å². The summed E-state index contributed by atoms with van der Waals surface area (Å²) in [6, 6.07) is 0. The highest BCUT2D eigenvalue weighted by molar-refractivity contribution is 5.70. The molecule has 3 heteroatoms. The molecule has 0 atom stereocenters. The summed E-state index contributed by atoms with van der Waals surface area (Å²) in [5, 5.41) is 8.83. The Kier molecular flexibility index (Phi) is 3.06. The first-order chi connectivity index (χ1) is 6.75. The Morgan fingerprint density at radius 2 is 1.86 bits per heavy atom. The van der Waals surface area contributed by atoms with Crippen molar-refractivity contribution < 1.29 is 9.90 Å². The highest BCUT2D eigenvalue weighted by Crippen LogP contribution is 2.32. The van der Waals surface area contributed by atoms with Gasteiger partial charge in [-0.3, -0.25) is 4.79 Å². The lowest BCUT2D eigenvalue weighted by Crippen LogP contribution is -2.36. The van der Waals surface area contributed by atoms with Crippen LogP contribution in [0.25, 0.3) is 0 Å². The minimum Gasteiger partial charge on any atom is -0.481 e. The molecule has 0 radical (unpaired) electrons. The van der Waals surface area contributed by atoms with Crippen LogP contribution in [-0.2, 0) is 4.79 Å². The maximum atomic E-state index is 10.7. The molecule has 1 N–H and O–H groups in total. The van der Waals surface area contributed by atoms with Crippen LogP contribution in [0.5, 0.6) is 0 Å². The molecule has 1 saturated heterocycles. The molecule has 0 bridgehead atoms. The Bertz CT molecular complexity index is 205. The molecular weight excluding hydrogens is 178 g/mol. The number of hydrogen-bond donors (Lipinski definition) is 1. The van der Waals surface area contributed by atoms with Crippen molar-refractivity contribution in [1.29, 1.82) is 0 Å². The summed E-state index contributed by atoms with van der Waals surface area (Å²) in [6.45, 7) is 3.17. The predicted octanol–water partition coefficient (Wildman–Crippen LogP) is 1.58. The minimum absolute atomic E-state index is 0.0767. The van der Waals surface area contributed by atoms with E-state index in [2.05, 4.69) is 4.90 Å². The van der Waals surface area contributed by atoms with Crippen molar-refractivity contribution in [3.63, 3.8) is 0 Å². The zero-order chi connectivity index (χ0) is 9.97. The summed E-state index contributed by atoms with van der Waals surface area (Å²) in [6.07, 6.45) is 5.87. The second-order valence-corrected chi connectivity index (χ2v) is 4.69. The molecule has 1 aliphatic carbocycles. The van der Waals surface area contributed by atoms with Gasteiger partial charge in [-0.15, -0.1) is 0 Å². The number of rotatable bonds is 4. The third-order valence-corrected chi connectivity index (χ3v) is 3.49. The van der Waals surface area contributed by atoms with E-state index in [4.69, 9.17) is 5.11 Å². The molecule has 2 aliphatic rings. The van der Waals surface area contributed by atoms with Crippen LogP contribution in [-0.4, -0.2) is 35.6 Å². The first kappa shape index (κ1) is 9.97. The fourth-order valence-corrected chi connectivity index (χ4v) is 2.18. The number of likely N-dealkylation sites (tertiary alicyclic amines) is 1. The Morgan fingerprint density at radius 1 is 1.21 bits per heavy atom. The van der Waals surface area contributed by atoms with Gasteiger partial charge in [-0.1, -0.05) is 12.8 Å². The van der Waals surface area contributed by atoms with E-state index in [1.807, 2.05) is 0 Å². The fraction of sp³-hybridized carbons (Fsp3) is 0.909. The molecule has 1 heterocycles. The van der Waals surface area contributed by atoms with Crippen LogP contribution < -0.4 is 0 Å². The summed E-state index contributed by atoms with van der Waals surface area (Å²) >= 11 is 0. The van der Waals surface area contributed by atoms with Crippen molar-refractivity contribution in [2.45, 2.75) is 32.1 Å². The quantitative estimate of drug-likeness (QED) is 0.744. The molecule has 1 saturated carbocycles. The number of piperidine rings is 1. The zero-order valence-electron chi connectivity index (χ0n) is 8.61. The largest absolute Gasteiger partial charge is 0.481 e. The molecule has 1 aliphatic heterocycles. The smallest absolute Gasteiger partial charge is 0.306 e. The molecule has 14 heavy (non-hydrogen) atoms. The van der Waals surface area contributed by atoms with Crippen LogP contribution >= 0.6 is 0 Å². The van der Waals surface area contributed by atoms with Crippen LogP contribution in [0.15, 0.2) is 0 Å². The van der Waals surface area contributed by atoms with Gasteiger partial charge >= 0.3 is 5.97 Å². The van der Waals surface area contributed by atoms with Crippen molar-refractivity contribution in [2.24, 2.45) is 11.8 Å². The van der Waals surface area contributed by atoms with Crippen molar-refractivity contribution in [3.05, 3.63) is 0 Å². The number of carboxylic acid groups (broad SMARTS) is 1. The Hall–Kier alpha value is -0.570. The van der Waals surface area contributed by atoms with E-state index in [0.29, 0.717) is 0 Å². The Morgan fingerprint density at radius 3 is 2.36 bits per heavy atom. The maximum absolute atomic E-state index is 10.7. The summed E-state index contributed by atoms with van der Waals surface area (Å²) in [5.41, 5.74) is 0. The lowest BCUT2D eigenvalue weighted by molar-refractivity contribution is -0.143. The van der Waals surface area contributed by atoms with Crippen molar-refractivity contribution in [1.82, 2.24) is 4.90 Å². The van der Waals surface area contributed by atoms with Gasteiger partial charge in [0.1, 0.15) is 0 Å². The lowest BCUT2D eigenvalue weighted by atomic mass is 9.97. The third kappa shape index (κ3) is 2.71. The van der Waals surface area contributed by atoms with Crippen molar-refractivity contribution >= 4 is 5.97 Å². The Balaban J connectivity index is 1.64. The zero-order valence-corrected chi connectivity index (χ0v) is 8.61. The van der Waals surface area contributed by atoms with Crippen molar-refractivity contribution in [3.8, 4) is 0 Å². The van der Waals surface area contributed by atoms with E-state index in [1.54, 1.807) is 0 Å². The molecule has 3 nitrogen and oxygen atoms in total. The van der Waals surface area contributed by atoms with E-state index in [-0.39, 0.29) is 5.92 Å². The van der Waals surface area contributed by atoms with Crippen LogP contribution in [0.4, 0.5) is 0 Å². The standard InChI is InChI=1S/C11H19NO2/c13-11(14)10-4-7-12(8-5-10)6-3-9-1-2-9/h9-10H,1-8H2,(H,13,14). The van der Waals surface area contributed by atoms with Crippen LogP contribution in [0.3, 0.4) is 0 Å². The molecule has 0 spiro atoms. The Labute approximate surface area is 85.1 Å². The van der Waals surface area contributed by atoms with E-state index in [1.165, 1.54) is 25.8 Å². The van der Waals surface area contributed by atoms with Gasteiger partial charge in [0.2, 0.25) is 0 Å². The third-order valence-electron chi connectivity index (χ3n) is 3.49. The minimum atomic E-state index is -0.605. The van der Waals surface area contributed by atoms with Gasteiger partial charge in [0.25, 0.3) is 0 Å². The van der Waals surface area contributed by atoms with Gasteiger partial charge in [0.15, 0.2) is 0 Å². The maximum Gasteiger partial charge on any atom is 0.306 e. The highest BCUT2D eigenvalue weighted by atomic mass is 16.4. The highest BCUT2D eigenvalue weighted by Gasteiger charge is 2.26. The lowest BCUT2D eigenvalue weighted by Gasteiger charge is -2.29. The molecule has 0 aromatic rings. The SMILES string of the molecule is O=C(O)C1CCN(CCC2CC2)CC1. The van der Waals surface area contributed by atoms with Crippen LogP contribution in [0.2, 0.25) is 0 Å². The number of nitrogens with zero attached hydrogens (tertiary/aromatic N) is 1. The van der Waals surface area contributed by atoms with Gasteiger partial charge < -0.3 is 10.0 Å². The van der Waals surface area contributed by atoms with Crippen LogP contribution in [0.1, 0.15) is 32.1 Å². The molecule has 0 aromatic heterocycles. The van der Waals surface area contributed by atoms with Gasteiger partial charge in [-0.05, 0) is 44.8 Å². The van der Waals surface area contributed by atoms with Crippen LogP contribution in [0, 0.1) is 11.8 Å². The molecule has 0 amide bonds. The van der Waals surface area contributed by atoms with Gasteiger partial charge in [0.05, 0.1) is 5.92 Å². The average Bonchev–Trinajstić information content (AvgIpc) is 2.99. The number of hydrogen-bond acceptors (Lipinski definition) is 2. The average molecular weight is 197 g/mol. The van der Waals surface area contributed by atoms with E-state index in [0.717, 1.165) is 31.8 Å². The second-order valence-electron chi connectivity index (χ2n) is 4.69. The molecule has 80 valence electrons. The molecule has 0 aromatic carbocycles. The topological polar surface area (TPSA) is 40.5 Å². The molecule has 2 fully saturated rings. The monoisotopic (exact) mass is 197 g/mol. The summed E-state index contributed by atoms with van der Waals surface area (Å²) in [7, 11) is 0. The van der Waals surface area contributed by atoms with Crippen molar-refractivity contribution in [2.75, 3.05) is 19.6 Å².